The second kappa shape index (κ2) is 4.14. The molecule has 0 aliphatic rings. The van der Waals surface area contributed by atoms with E-state index < -0.39 is 17.9 Å². The van der Waals surface area contributed by atoms with Crippen LogP contribution in [0.2, 0.25) is 0 Å². The highest BCUT2D eigenvalue weighted by Crippen LogP contribution is 2.30. The summed E-state index contributed by atoms with van der Waals surface area (Å²) in [5.41, 5.74) is 4.86. The summed E-state index contributed by atoms with van der Waals surface area (Å²) in [6, 6.07) is 1.56. The summed E-state index contributed by atoms with van der Waals surface area (Å²) in [5.74, 6) is -1.91. The summed E-state index contributed by atoms with van der Waals surface area (Å²) in [4.78, 5) is 0. The maximum Gasteiger partial charge on any atom is 0.573 e. The van der Waals surface area contributed by atoms with Gasteiger partial charge in [-0.25, -0.2) is 4.39 Å². The lowest BCUT2D eigenvalue weighted by molar-refractivity contribution is -0.274. The van der Waals surface area contributed by atoms with Crippen molar-refractivity contribution in [3.63, 3.8) is 0 Å². The minimum absolute atomic E-state index is 0.0205. The molecule has 2 N–H and O–H groups in total. The third-order valence-electron chi connectivity index (χ3n) is 1.55. The predicted octanol–water partition coefficient (Wildman–Crippen LogP) is 3.05. The second-order valence-corrected chi connectivity index (χ2v) is 2.93. The van der Waals surface area contributed by atoms with E-state index in [2.05, 4.69) is 4.74 Å². The molecule has 84 valence electrons. The molecule has 0 saturated carbocycles. The summed E-state index contributed by atoms with van der Waals surface area (Å²) >= 11 is 5.36. The summed E-state index contributed by atoms with van der Waals surface area (Å²) in [5, 5.41) is 0. The normalized spacial score (nSPS) is 11.5. The number of ether oxygens (including phenoxy) is 1. The molecule has 0 atom stereocenters. The Bertz CT molecular complexity index is 366. The Balaban J connectivity index is 3.11. The van der Waals surface area contributed by atoms with E-state index in [1.54, 1.807) is 0 Å². The number of alkyl halides is 4. The van der Waals surface area contributed by atoms with Gasteiger partial charge in [0.2, 0.25) is 0 Å². The van der Waals surface area contributed by atoms with Crippen LogP contribution in [-0.2, 0) is 5.88 Å². The first-order valence-corrected chi connectivity index (χ1v) is 4.26. The van der Waals surface area contributed by atoms with Gasteiger partial charge < -0.3 is 10.5 Å². The predicted molar refractivity (Wildman–Crippen MR) is 47.1 cm³/mol. The van der Waals surface area contributed by atoms with Gasteiger partial charge in [0.25, 0.3) is 0 Å². The number of hydrogen-bond donors (Lipinski definition) is 1. The van der Waals surface area contributed by atoms with Gasteiger partial charge in [0, 0.05) is 11.6 Å². The molecule has 15 heavy (non-hydrogen) atoms. The molecule has 0 bridgehead atoms. The summed E-state index contributed by atoms with van der Waals surface area (Å²) in [6.07, 6.45) is -4.89. The van der Waals surface area contributed by atoms with Crippen molar-refractivity contribution in [2.45, 2.75) is 12.2 Å². The molecule has 1 rings (SSSR count). The Labute approximate surface area is 87.6 Å². The average molecular weight is 244 g/mol. The first-order chi connectivity index (χ1) is 6.83. The van der Waals surface area contributed by atoms with E-state index in [0.717, 1.165) is 6.07 Å². The van der Waals surface area contributed by atoms with Gasteiger partial charge in [-0.05, 0) is 6.07 Å². The van der Waals surface area contributed by atoms with Crippen molar-refractivity contribution in [1.29, 1.82) is 0 Å². The van der Waals surface area contributed by atoms with Crippen LogP contribution < -0.4 is 10.5 Å². The van der Waals surface area contributed by atoms with Crippen molar-refractivity contribution >= 4 is 17.3 Å². The Kier molecular flexibility index (Phi) is 3.28. The van der Waals surface area contributed by atoms with Crippen LogP contribution >= 0.6 is 11.6 Å². The number of halogens is 5. The molecule has 0 aliphatic carbocycles. The van der Waals surface area contributed by atoms with Crippen molar-refractivity contribution in [1.82, 2.24) is 0 Å². The van der Waals surface area contributed by atoms with Crippen LogP contribution in [0.5, 0.6) is 5.75 Å². The fourth-order valence-corrected chi connectivity index (χ4v) is 1.15. The molecule has 2 nitrogen and oxygen atoms in total. The minimum atomic E-state index is -4.89. The zero-order valence-corrected chi connectivity index (χ0v) is 7.99. The molecule has 1 aromatic rings. The van der Waals surface area contributed by atoms with Gasteiger partial charge in [-0.2, -0.15) is 0 Å². The standard InChI is InChI=1S/C8H6ClF4NO/c9-3-4-1-6(14)5(10)2-7(4)15-8(11,12)13/h1-2H,3,14H2. The highest BCUT2D eigenvalue weighted by molar-refractivity contribution is 6.17. The molecule has 7 heteroatoms. The van der Waals surface area contributed by atoms with Crippen LogP contribution in [0.4, 0.5) is 23.2 Å². The van der Waals surface area contributed by atoms with Crippen LogP contribution in [-0.4, -0.2) is 6.36 Å². The van der Waals surface area contributed by atoms with Crippen LogP contribution in [0.1, 0.15) is 5.56 Å². The van der Waals surface area contributed by atoms with Crippen molar-refractivity contribution in [2.75, 3.05) is 5.73 Å². The van der Waals surface area contributed by atoms with Gasteiger partial charge >= 0.3 is 6.36 Å². The Morgan fingerprint density at radius 2 is 1.93 bits per heavy atom. The lowest BCUT2D eigenvalue weighted by Gasteiger charge is -2.12. The SMILES string of the molecule is Nc1cc(CCl)c(OC(F)(F)F)cc1F. The molecule has 0 fully saturated rings. The summed E-state index contributed by atoms with van der Waals surface area (Å²) < 4.78 is 52.0. The Hall–Kier alpha value is -1.17. The van der Waals surface area contributed by atoms with Crippen molar-refractivity contribution < 1.29 is 22.3 Å². The highest BCUT2D eigenvalue weighted by Gasteiger charge is 2.32. The molecular weight excluding hydrogens is 238 g/mol. The number of hydrogen-bond acceptors (Lipinski definition) is 2. The van der Waals surface area contributed by atoms with E-state index in [0.29, 0.717) is 6.07 Å². The number of benzene rings is 1. The lowest BCUT2D eigenvalue weighted by Crippen LogP contribution is -2.18. The number of rotatable bonds is 2. The smallest absolute Gasteiger partial charge is 0.405 e. The molecule has 0 spiro atoms. The maximum atomic E-state index is 12.9. The molecule has 0 saturated heterocycles. The summed E-state index contributed by atoms with van der Waals surface area (Å²) in [6.45, 7) is 0. The zero-order chi connectivity index (χ0) is 11.6. The van der Waals surface area contributed by atoms with Crippen LogP contribution in [0.15, 0.2) is 12.1 Å². The van der Waals surface area contributed by atoms with Gasteiger partial charge in [-0.3, -0.25) is 0 Å². The molecule has 0 aromatic heterocycles. The monoisotopic (exact) mass is 243 g/mol. The molecule has 0 unspecified atom stereocenters. The molecular formula is C8H6ClF4NO. The summed E-state index contributed by atoms with van der Waals surface area (Å²) in [7, 11) is 0. The molecule has 0 heterocycles. The molecule has 1 aromatic carbocycles. The maximum absolute atomic E-state index is 12.9. The van der Waals surface area contributed by atoms with E-state index in [9.17, 15) is 17.6 Å². The topological polar surface area (TPSA) is 35.2 Å². The fourth-order valence-electron chi connectivity index (χ4n) is 0.943. The number of nitrogens with two attached hydrogens (primary N) is 1. The van der Waals surface area contributed by atoms with E-state index in [1.807, 2.05) is 0 Å². The van der Waals surface area contributed by atoms with Gasteiger partial charge in [0.1, 0.15) is 11.6 Å². The molecule has 0 radical (unpaired) electrons. The van der Waals surface area contributed by atoms with Crippen molar-refractivity contribution in [3.05, 3.63) is 23.5 Å². The fraction of sp³-hybridized carbons (Fsp3) is 0.250. The Morgan fingerprint density at radius 1 is 1.33 bits per heavy atom. The first-order valence-electron chi connectivity index (χ1n) is 3.73. The highest BCUT2D eigenvalue weighted by atomic mass is 35.5. The third kappa shape index (κ3) is 3.16. The number of anilines is 1. The van der Waals surface area contributed by atoms with Gasteiger partial charge in [0.15, 0.2) is 0 Å². The third-order valence-corrected chi connectivity index (χ3v) is 1.84. The van der Waals surface area contributed by atoms with E-state index >= 15 is 0 Å². The average Bonchev–Trinajstić information content (AvgIpc) is 2.08. The van der Waals surface area contributed by atoms with E-state index in [1.165, 1.54) is 0 Å². The van der Waals surface area contributed by atoms with Gasteiger partial charge in [-0.15, -0.1) is 24.8 Å². The quantitative estimate of drug-likeness (QED) is 0.492. The molecule has 0 aliphatic heterocycles. The minimum Gasteiger partial charge on any atom is -0.405 e. The van der Waals surface area contributed by atoms with Crippen molar-refractivity contribution in [2.24, 2.45) is 0 Å². The van der Waals surface area contributed by atoms with Crippen molar-refractivity contribution in [3.8, 4) is 5.75 Å². The first kappa shape index (κ1) is 11.9. The van der Waals surface area contributed by atoms with Gasteiger partial charge in [-0.1, -0.05) is 0 Å². The second-order valence-electron chi connectivity index (χ2n) is 2.66. The van der Waals surface area contributed by atoms with Crippen LogP contribution in [0.3, 0.4) is 0 Å². The largest absolute Gasteiger partial charge is 0.573 e. The lowest BCUT2D eigenvalue weighted by atomic mass is 10.2. The molecule has 0 amide bonds. The Morgan fingerprint density at radius 3 is 2.40 bits per heavy atom. The van der Waals surface area contributed by atoms with Crippen LogP contribution in [0, 0.1) is 5.82 Å². The zero-order valence-electron chi connectivity index (χ0n) is 7.24. The van der Waals surface area contributed by atoms with E-state index in [-0.39, 0.29) is 17.1 Å². The van der Waals surface area contributed by atoms with Crippen LogP contribution in [0.25, 0.3) is 0 Å². The van der Waals surface area contributed by atoms with Gasteiger partial charge in [0.05, 0.1) is 11.6 Å². The number of nitrogen functional groups attached to an aromatic ring is 1. The van der Waals surface area contributed by atoms with E-state index in [4.69, 9.17) is 17.3 Å².